The van der Waals surface area contributed by atoms with Crippen LogP contribution in [0.1, 0.15) is 24.5 Å². The van der Waals surface area contributed by atoms with Gasteiger partial charge in [0, 0.05) is 12.2 Å². The molecule has 0 unspecified atom stereocenters. The second-order valence-electron chi connectivity index (χ2n) is 6.56. The van der Waals surface area contributed by atoms with Crippen molar-refractivity contribution in [2.24, 2.45) is 0 Å². The average Bonchev–Trinajstić information content (AvgIpc) is 3.05. The molecule has 3 rings (SSSR count). The van der Waals surface area contributed by atoms with E-state index in [2.05, 4.69) is 10.2 Å². The van der Waals surface area contributed by atoms with E-state index in [-0.39, 0.29) is 17.3 Å². The van der Waals surface area contributed by atoms with Crippen molar-refractivity contribution in [1.29, 1.82) is 0 Å². The Kier molecular flexibility index (Phi) is 6.71. The summed E-state index contributed by atoms with van der Waals surface area (Å²) in [6.07, 6.45) is 0.824. The molecule has 0 fully saturated rings. The minimum absolute atomic E-state index is 0.0297. The summed E-state index contributed by atoms with van der Waals surface area (Å²) < 4.78 is 1.58. The summed E-state index contributed by atoms with van der Waals surface area (Å²) in [5, 5.41) is 7.07. The third kappa shape index (κ3) is 4.92. The quantitative estimate of drug-likeness (QED) is 0.591. The molecular formula is C21H24N4O2S. The Balaban J connectivity index is 1.79. The molecule has 1 N–H and O–H groups in total. The second-order valence-corrected chi connectivity index (χ2v) is 7.50. The lowest BCUT2D eigenvalue weighted by atomic mass is 10.1. The van der Waals surface area contributed by atoms with Crippen molar-refractivity contribution in [3.8, 4) is 0 Å². The van der Waals surface area contributed by atoms with Crippen LogP contribution < -0.4 is 10.6 Å². The maximum Gasteiger partial charge on any atom is 0.343 e. The smallest absolute Gasteiger partial charge is 0.307 e. The summed E-state index contributed by atoms with van der Waals surface area (Å²) in [6.45, 7) is 5.08. The van der Waals surface area contributed by atoms with Crippen molar-refractivity contribution in [3.63, 3.8) is 0 Å². The molecule has 0 aliphatic carbocycles. The third-order valence-electron chi connectivity index (χ3n) is 4.29. The number of aryl methyl sites for hydroxylation is 1. The molecule has 0 saturated carbocycles. The molecule has 146 valence electrons. The largest absolute Gasteiger partial charge is 0.343 e. The summed E-state index contributed by atoms with van der Waals surface area (Å²) in [4.78, 5) is 26.7. The molecule has 0 spiro atoms. The van der Waals surface area contributed by atoms with Gasteiger partial charge in [-0.05, 0) is 36.6 Å². The van der Waals surface area contributed by atoms with Gasteiger partial charge in [0.15, 0.2) is 5.16 Å². The van der Waals surface area contributed by atoms with Crippen molar-refractivity contribution >= 4 is 23.4 Å². The van der Waals surface area contributed by atoms with E-state index in [1.54, 1.807) is 9.47 Å². The van der Waals surface area contributed by atoms with E-state index in [1.165, 1.54) is 11.8 Å². The van der Waals surface area contributed by atoms with Crippen LogP contribution in [0.4, 0.5) is 5.69 Å². The van der Waals surface area contributed by atoms with Crippen molar-refractivity contribution < 1.29 is 4.79 Å². The Morgan fingerprint density at radius 1 is 1.18 bits per heavy atom. The minimum Gasteiger partial charge on any atom is -0.307 e. The van der Waals surface area contributed by atoms with E-state index in [9.17, 15) is 9.59 Å². The van der Waals surface area contributed by atoms with Gasteiger partial charge < -0.3 is 4.90 Å². The molecule has 2 aromatic carbocycles. The highest BCUT2D eigenvalue weighted by atomic mass is 32.2. The van der Waals surface area contributed by atoms with Crippen LogP contribution in [-0.2, 0) is 17.9 Å². The highest BCUT2D eigenvalue weighted by molar-refractivity contribution is 7.99. The molecule has 7 heteroatoms. The molecule has 0 atom stereocenters. The molecule has 0 aliphatic rings. The number of aromatic nitrogens is 3. The molecule has 1 amide bonds. The molecule has 0 radical (unpaired) electrons. The topological polar surface area (TPSA) is 71.0 Å². The molecule has 1 heterocycles. The number of amides is 1. The van der Waals surface area contributed by atoms with Gasteiger partial charge in [0.25, 0.3) is 0 Å². The molecule has 0 bridgehead atoms. The first kappa shape index (κ1) is 19.9. The van der Waals surface area contributed by atoms with E-state index in [0.717, 1.165) is 23.2 Å². The third-order valence-corrected chi connectivity index (χ3v) is 5.25. The normalized spacial score (nSPS) is 10.8. The summed E-state index contributed by atoms with van der Waals surface area (Å²) in [6, 6.07) is 17.8. The summed E-state index contributed by atoms with van der Waals surface area (Å²) in [5.74, 6) is 0.173. The molecule has 0 saturated heterocycles. The molecule has 28 heavy (non-hydrogen) atoms. The van der Waals surface area contributed by atoms with Gasteiger partial charge in [0.05, 0.1) is 12.3 Å². The number of rotatable bonds is 8. The second kappa shape index (κ2) is 9.41. The Hall–Kier alpha value is -2.80. The lowest BCUT2D eigenvalue weighted by molar-refractivity contribution is -0.116. The van der Waals surface area contributed by atoms with Gasteiger partial charge in [-0.2, -0.15) is 0 Å². The van der Waals surface area contributed by atoms with Crippen LogP contribution in [0.15, 0.2) is 64.5 Å². The maximum atomic E-state index is 13.1. The lowest BCUT2D eigenvalue weighted by Crippen LogP contribution is -2.32. The average molecular weight is 397 g/mol. The van der Waals surface area contributed by atoms with Crippen molar-refractivity contribution in [2.45, 2.75) is 38.5 Å². The number of hydrogen-bond donors (Lipinski definition) is 1. The number of carbonyl (C=O) groups is 1. The number of hydrogen-bond acceptors (Lipinski definition) is 4. The van der Waals surface area contributed by atoms with E-state index >= 15 is 0 Å². The number of anilines is 1. The van der Waals surface area contributed by atoms with Crippen LogP contribution >= 0.6 is 11.8 Å². The number of benzene rings is 2. The first-order valence-electron chi connectivity index (χ1n) is 9.27. The van der Waals surface area contributed by atoms with Crippen LogP contribution in [0, 0.1) is 6.92 Å². The number of nitrogens with one attached hydrogen (secondary N) is 1. The van der Waals surface area contributed by atoms with Gasteiger partial charge in [-0.3, -0.25) is 9.36 Å². The van der Waals surface area contributed by atoms with Crippen LogP contribution in [0.5, 0.6) is 0 Å². The fraction of sp³-hybridized carbons (Fsp3) is 0.286. The van der Waals surface area contributed by atoms with Crippen LogP contribution in [-0.4, -0.2) is 26.4 Å². The maximum absolute atomic E-state index is 13.1. The molecule has 0 aliphatic heterocycles. The number of carbonyl (C=O) groups excluding carboxylic acids is 1. The van der Waals surface area contributed by atoms with Gasteiger partial charge in [-0.25, -0.2) is 9.89 Å². The summed E-state index contributed by atoms with van der Waals surface area (Å²) in [7, 11) is 0. The summed E-state index contributed by atoms with van der Waals surface area (Å²) in [5.41, 5.74) is 2.78. The number of aromatic amines is 1. The Labute approximate surface area is 168 Å². The van der Waals surface area contributed by atoms with E-state index in [1.807, 2.05) is 68.4 Å². The molecule has 3 aromatic rings. The fourth-order valence-electron chi connectivity index (χ4n) is 2.92. The minimum atomic E-state index is -0.239. The fourth-order valence-corrected chi connectivity index (χ4v) is 3.77. The number of thioether (sulfide) groups is 1. The Morgan fingerprint density at radius 3 is 2.68 bits per heavy atom. The zero-order chi connectivity index (χ0) is 19.9. The predicted octanol–water partition coefficient (Wildman–Crippen LogP) is 3.62. The van der Waals surface area contributed by atoms with Crippen molar-refractivity contribution in [1.82, 2.24) is 14.8 Å². The number of H-pyrrole nitrogens is 1. The van der Waals surface area contributed by atoms with E-state index in [0.29, 0.717) is 18.2 Å². The molecular weight excluding hydrogens is 372 g/mol. The standard InChI is InChI=1S/C21H24N4O2S/c1-3-12-24-20(27)22-23-21(24)28-15-19(26)25(14-17-9-5-4-6-10-17)18-11-7-8-16(2)13-18/h4-11,13H,3,12,14-15H2,1-2H3,(H,22,27). The van der Waals surface area contributed by atoms with Crippen LogP contribution in [0.25, 0.3) is 0 Å². The number of nitrogens with zero attached hydrogens (tertiary/aromatic N) is 3. The zero-order valence-electron chi connectivity index (χ0n) is 16.1. The Bertz CT molecular complexity index is 981. The van der Waals surface area contributed by atoms with Gasteiger partial charge in [-0.15, -0.1) is 5.10 Å². The van der Waals surface area contributed by atoms with Gasteiger partial charge in [-0.1, -0.05) is 61.2 Å². The molecule has 1 aromatic heterocycles. The van der Waals surface area contributed by atoms with Crippen LogP contribution in [0.3, 0.4) is 0 Å². The van der Waals surface area contributed by atoms with Gasteiger partial charge in [0.1, 0.15) is 0 Å². The highest BCUT2D eigenvalue weighted by Crippen LogP contribution is 2.22. The van der Waals surface area contributed by atoms with E-state index < -0.39 is 0 Å². The monoisotopic (exact) mass is 396 g/mol. The van der Waals surface area contributed by atoms with Crippen molar-refractivity contribution in [3.05, 3.63) is 76.2 Å². The lowest BCUT2D eigenvalue weighted by Gasteiger charge is -2.23. The SMILES string of the molecule is CCCn1c(SCC(=O)N(Cc2ccccc2)c2cccc(C)c2)n[nH]c1=O. The molecule has 6 nitrogen and oxygen atoms in total. The zero-order valence-corrected chi connectivity index (χ0v) is 16.9. The van der Waals surface area contributed by atoms with Crippen LogP contribution in [0.2, 0.25) is 0 Å². The Morgan fingerprint density at radius 2 is 1.96 bits per heavy atom. The summed E-state index contributed by atoms with van der Waals surface area (Å²) >= 11 is 1.28. The van der Waals surface area contributed by atoms with Gasteiger partial charge >= 0.3 is 5.69 Å². The first-order valence-corrected chi connectivity index (χ1v) is 10.3. The predicted molar refractivity (Wildman–Crippen MR) is 113 cm³/mol. The van der Waals surface area contributed by atoms with E-state index in [4.69, 9.17) is 0 Å². The highest BCUT2D eigenvalue weighted by Gasteiger charge is 2.18. The van der Waals surface area contributed by atoms with Gasteiger partial charge in [0.2, 0.25) is 5.91 Å². The first-order chi connectivity index (χ1) is 13.6. The van der Waals surface area contributed by atoms with Crippen molar-refractivity contribution in [2.75, 3.05) is 10.7 Å².